The Morgan fingerprint density at radius 1 is 1.05 bits per heavy atom. The lowest BCUT2D eigenvalue weighted by atomic mass is 9.94. The van der Waals surface area contributed by atoms with Crippen molar-refractivity contribution in [3.05, 3.63) is 63.6 Å². The molecule has 2 aliphatic heterocycles. The van der Waals surface area contributed by atoms with Gasteiger partial charge in [0.05, 0.1) is 29.4 Å². The van der Waals surface area contributed by atoms with Crippen LogP contribution in [0.5, 0.6) is 0 Å². The number of halogens is 4. The number of nitrogens with zero attached hydrogens (tertiary/aromatic N) is 3. The van der Waals surface area contributed by atoms with Crippen LogP contribution >= 0.6 is 15.9 Å². The number of hydrogen-bond donors (Lipinski definition) is 0. The minimum atomic E-state index is -4.49. The van der Waals surface area contributed by atoms with Gasteiger partial charge in [0.1, 0.15) is 0 Å². The molecule has 0 aliphatic carbocycles. The third kappa shape index (κ3) is 5.75. The van der Waals surface area contributed by atoms with Crippen LogP contribution in [0.4, 0.5) is 13.2 Å². The Morgan fingerprint density at radius 3 is 2.47 bits per heavy atom. The minimum absolute atomic E-state index is 0.327. The van der Waals surface area contributed by atoms with Crippen LogP contribution in [0.2, 0.25) is 0 Å². The molecule has 202 valence electrons. The molecule has 3 heterocycles. The number of alkyl halides is 3. The molecule has 0 radical (unpaired) electrons. The lowest BCUT2D eigenvalue weighted by Gasteiger charge is -2.40. The maximum absolute atomic E-state index is 13.6. The minimum Gasteiger partial charge on any atom is -0.465 e. The Morgan fingerprint density at radius 2 is 1.79 bits per heavy atom. The van der Waals surface area contributed by atoms with Gasteiger partial charge in [0.15, 0.2) is 0 Å². The second kappa shape index (κ2) is 11.3. The van der Waals surface area contributed by atoms with E-state index in [4.69, 9.17) is 9.72 Å². The van der Waals surface area contributed by atoms with Gasteiger partial charge < -0.3 is 9.64 Å². The highest BCUT2D eigenvalue weighted by Crippen LogP contribution is 2.37. The number of carbonyl (C=O) groups excluding carboxylic acids is 1. The van der Waals surface area contributed by atoms with Crippen LogP contribution in [-0.4, -0.2) is 60.1 Å². The molecule has 9 heteroatoms. The van der Waals surface area contributed by atoms with Crippen molar-refractivity contribution in [2.75, 3.05) is 33.3 Å². The van der Waals surface area contributed by atoms with Gasteiger partial charge in [0, 0.05) is 33.6 Å². The highest BCUT2D eigenvalue weighted by Gasteiger charge is 2.32. The zero-order chi connectivity index (χ0) is 26.9. The lowest BCUT2D eigenvalue weighted by molar-refractivity contribution is -0.137. The van der Waals surface area contributed by atoms with Gasteiger partial charge in [-0.25, -0.2) is 9.78 Å². The van der Waals surface area contributed by atoms with Crippen LogP contribution in [-0.2, 0) is 17.5 Å². The Balaban J connectivity index is 1.56. The number of pyridine rings is 1. The van der Waals surface area contributed by atoms with E-state index in [1.54, 1.807) is 18.2 Å². The van der Waals surface area contributed by atoms with Crippen molar-refractivity contribution in [2.45, 2.75) is 50.9 Å². The molecule has 2 aromatic carbocycles. The first kappa shape index (κ1) is 27.1. The molecule has 5 rings (SSSR count). The number of hydrogen-bond acceptors (Lipinski definition) is 5. The number of esters is 1. The Hall–Kier alpha value is -2.49. The molecule has 0 amide bonds. The number of fused-ring (bicyclic) bond motifs is 1. The molecule has 0 spiro atoms. The van der Waals surface area contributed by atoms with E-state index in [-0.39, 0.29) is 0 Å². The summed E-state index contributed by atoms with van der Waals surface area (Å²) in [4.78, 5) is 22.9. The van der Waals surface area contributed by atoms with Crippen molar-refractivity contribution in [3.63, 3.8) is 0 Å². The normalized spacial score (nSPS) is 18.1. The highest BCUT2D eigenvalue weighted by atomic mass is 79.9. The molecular weight excluding hydrogens is 559 g/mol. The summed E-state index contributed by atoms with van der Waals surface area (Å²) >= 11 is 3.48. The second-order valence-corrected chi connectivity index (χ2v) is 11.1. The fourth-order valence-electron chi connectivity index (χ4n) is 5.80. The van der Waals surface area contributed by atoms with Gasteiger partial charge >= 0.3 is 12.1 Å². The van der Waals surface area contributed by atoms with Gasteiger partial charge in [-0.1, -0.05) is 34.5 Å². The standard InChI is InChI=1S/C29H31BrF3N3O2/c1-38-28(37)26-23-17-21(30)8-9-25(23)34-27(19-6-5-7-20(16-19)29(31,32)33)24(26)18-35-14-10-22(11-15-35)36-12-3-2-4-13-36/h5-9,16-17,22H,2-4,10-15,18H2,1H3. The molecule has 0 saturated carbocycles. The number of benzene rings is 2. The van der Waals surface area contributed by atoms with Crippen molar-refractivity contribution in [3.8, 4) is 11.3 Å². The van der Waals surface area contributed by atoms with Crippen molar-refractivity contribution in [1.82, 2.24) is 14.8 Å². The first-order valence-electron chi connectivity index (χ1n) is 13.1. The zero-order valence-corrected chi connectivity index (χ0v) is 22.9. The van der Waals surface area contributed by atoms with Crippen molar-refractivity contribution < 1.29 is 22.7 Å². The third-order valence-corrected chi connectivity index (χ3v) is 8.24. The molecule has 2 aliphatic rings. The summed E-state index contributed by atoms with van der Waals surface area (Å²) in [7, 11) is 1.32. The van der Waals surface area contributed by atoms with Crippen LogP contribution in [0.1, 0.15) is 53.6 Å². The smallest absolute Gasteiger partial charge is 0.416 e. The molecule has 38 heavy (non-hydrogen) atoms. The molecule has 2 saturated heterocycles. The number of carbonyl (C=O) groups is 1. The number of methoxy groups -OCH3 is 1. The molecule has 5 nitrogen and oxygen atoms in total. The number of aromatic nitrogens is 1. The Labute approximate surface area is 229 Å². The van der Waals surface area contributed by atoms with Crippen LogP contribution in [0.25, 0.3) is 22.2 Å². The van der Waals surface area contributed by atoms with Crippen LogP contribution < -0.4 is 0 Å². The van der Waals surface area contributed by atoms with Gasteiger partial charge in [-0.05, 0) is 82.2 Å². The van der Waals surface area contributed by atoms with Gasteiger partial charge in [-0.15, -0.1) is 0 Å². The first-order valence-corrected chi connectivity index (χ1v) is 13.9. The average molecular weight is 590 g/mol. The number of ether oxygens (including phenoxy) is 1. The predicted molar refractivity (Wildman–Crippen MR) is 145 cm³/mol. The topological polar surface area (TPSA) is 45.7 Å². The molecule has 0 unspecified atom stereocenters. The average Bonchev–Trinajstić information content (AvgIpc) is 2.93. The van der Waals surface area contributed by atoms with Crippen LogP contribution in [0, 0.1) is 0 Å². The van der Waals surface area contributed by atoms with E-state index in [0.717, 1.165) is 55.6 Å². The van der Waals surface area contributed by atoms with E-state index < -0.39 is 17.7 Å². The monoisotopic (exact) mass is 589 g/mol. The van der Waals surface area contributed by atoms with Gasteiger partial charge in [-0.2, -0.15) is 13.2 Å². The predicted octanol–water partition coefficient (Wildman–Crippen LogP) is 6.92. The van der Waals surface area contributed by atoms with E-state index in [9.17, 15) is 18.0 Å². The summed E-state index contributed by atoms with van der Waals surface area (Å²) in [5.41, 5.74) is 1.43. The van der Waals surface area contributed by atoms with E-state index in [0.29, 0.717) is 45.9 Å². The van der Waals surface area contributed by atoms with Crippen molar-refractivity contribution >= 4 is 32.8 Å². The fourth-order valence-corrected chi connectivity index (χ4v) is 6.16. The zero-order valence-electron chi connectivity index (χ0n) is 21.4. The van der Waals surface area contributed by atoms with Gasteiger partial charge in [-0.3, -0.25) is 4.90 Å². The summed E-state index contributed by atoms with van der Waals surface area (Å²) in [6, 6.07) is 11.1. The Kier molecular flexibility index (Phi) is 8.07. The molecule has 2 fully saturated rings. The van der Waals surface area contributed by atoms with Gasteiger partial charge in [0.2, 0.25) is 0 Å². The summed E-state index contributed by atoms with van der Waals surface area (Å²) < 4.78 is 46.8. The molecule has 1 aromatic heterocycles. The summed E-state index contributed by atoms with van der Waals surface area (Å²) in [5, 5.41) is 0.611. The number of likely N-dealkylation sites (tertiary alicyclic amines) is 2. The summed E-state index contributed by atoms with van der Waals surface area (Å²) in [6.07, 6.45) is 1.37. The number of rotatable bonds is 5. The highest BCUT2D eigenvalue weighted by molar-refractivity contribution is 9.10. The summed E-state index contributed by atoms with van der Waals surface area (Å²) in [5.74, 6) is -0.526. The molecule has 0 N–H and O–H groups in total. The van der Waals surface area contributed by atoms with Crippen LogP contribution in [0.15, 0.2) is 46.9 Å². The molecule has 3 aromatic rings. The third-order valence-electron chi connectivity index (χ3n) is 7.75. The Bertz CT molecular complexity index is 1320. The maximum Gasteiger partial charge on any atom is 0.416 e. The van der Waals surface area contributed by atoms with E-state index >= 15 is 0 Å². The van der Waals surface area contributed by atoms with Crippen molar-refractivity contribution in [1.29, 1.82) is 0 Å². The SMILES string of the molecule is COC(=O)c1c(CN2CCC(N3CCCCC3)CC2)c(-c2cccc(C(F)(F)F)c2)nc2ccc(Br)cc12. The second-order valence-electron chi connectivity index (χ2n) is 10.1. The molecule has 0 bridgehead atoms. The quantitative estimate of drug-likeness (QED) is 0.302. The molecular formula is C29H31BrF3N3O2. The van der Waals surface area contributed by atoms with Crippen molar-refractivity contribution in [2.24, 2.45) is 0 Å². The fraction of sp³-hybridized carbons (Fsp3) is 0.448. The molecule has 0 atom stereocenters. The van der Waals surface area contributed by atoms with E-state index in [1.165, 1.54) is 32.4 Å². The summed E-state index contributed by atoms with van der Waals surface area (Å²) in [6.45, 7) is 4.40. The largest absolute Gasteiger partial charge is 0.465 e. The van der Waals surface area contributed by atoms with E-state index in [2.05, 4.69) is 25.7 Å². The van der Waals surface area contributed by atoms with Gasteiger partial charge in [0.25, 0.3) is 0 Å². The number of piperidine rings is 2. The van der Waals surface area contributed by atoms with E-state index in [1.807, 2.05) is 6.07 Å². The lowest BCUT2D eigenvalue weighted by Crippen LogP contribution is -2.46. The maximum atomic E-state index is 13.6. The van der Waals surface area contributed by atoms with Crippen LogP contribution in [0.3, 0.4) is 0 Å². The first-order chi connectivity index (χ1) is 18.2.